The normalized spacial score (nSPS) is 12.3. The Morgan fingerprint density at radius 3 is 1.54 bits per heavy atom. The largest absolute Gasteiger partial charge is 0.465 e. The van der Waals surface area contributed by atoms with Crippen LogP contribution in [0.3, 0.4) is 0 Å². The van der Waals surface area contributed by atoms with Crippen molar-refractivity contribution in [3.05, 3.63) is 108 Å². The van der Waals surface area contributed by atoms with Crippen LogP contribution in [0.2, 0.25) is 0 Å². The first kappa shape index (κ1) is 19.6. The van der Waals surface area contributed by atoms with E-state index >= 15 is 0 Å². The van der Waals surface area contributed by atoms with Gasteiger partial charge >= 0.3 is 6.09 Å². The van der Waals surface area contributed by atoms with Crippen molar-refractivity contribution in [3.63, 3.8) is 0 Å². The Labute approximate surface area is 166 Å². The third kappa shape index (κ3) is 4.24. The molecule has 0 aliphatic carbocycles. The summed E-state index contributed by atoms with van der Waals surface area (Å²) in [4.78, 5) is 11.2. The van der Waals surface area contributed by atoms with E-state index in [4.69, 9.17) is 5.11 Å². The average molecular weight is 374 g/mol. The van der Waals surface area contributed by atoms with Gasteiger partial charge in [-0.3, -0.25) is 5.32 Å². The highest BCUT2D eigenvalue weighted by Crippen LogP contribution is 2.36. The molecule has 0 aliphatic heterocycles. The molecule has 0 heterocycles. The number of benzene rings is 3. The number of nitrogens with one attached hydrogen (secondary N) is 2. The molecule has 0 radical (unpaired) electrons. The van der Waals surface area contributed by atoms with Crippen molar-refractivity contribution in [2.24, 2.45) is 0 Å². The van der Waals surface area contributed by atoms with E-state index in [2.05, 4.69) is 47.0 Å². The molecule has 3 rings (SSSR count). The van der Waals surface area contributed by atoms with Gasteiger partial charge in [-0.2, -0.15) is 0 Å². The molecule has 0 aliphatic rings. The van der Waals surface area contributed by atoms with Crippen LogP contribution < -0.4 is 10.6 Å². The molecule has 28 heavy (non-hydrogen) atoms. The number of carbonyl (C=O) groups is 1. The molecule has 0 saturated heterocycles. The van der Waals surface area contributed by atoms with E-state index in [0.717, 1.165) is 16.7 Å². The molecule has 3 aromatic rings. The molecule has 4 heteroatoms. The van der Waals surface area contributed by atoms with Crippen LogP contribution in [0.1, 0.15) is 30.0 Å². The van der Waals surface area contributed by atoms with E-state index in [1.54, 1.807) is 0 Å². The molecule has 0 fully saturated rings. The minimum Gasteiger partial charge on any atom is -0.465 e. The fraction of sp³-hybridized carbons (Fsp3) is 0.208. The fourth-order valence-electron chi connectivity index (χ4n) is 3.62. The van der Waals surface area contributed by atoms with Gasteiger partial charge in [0.2, 0.25) is 0 Å². The summed E-state index contributed by atoms with van der Waals surface area (Å²) in [6.07, 6.45) is -0.299. The van der Waals surface area contributed by atoms with Crippen LogP contribution in [0, 0.1) is 0 Å². The van der Waals surface area contributed by atoms with E-state index in [1.807, 2.05) is 61.5 Å². The maximum atomic E-state index is 11.2. The first-order valence-corrected chi connectivity index (χ1v) is 9.58. The van der Waals surface area contributed by atoms with Crippen LogP contribution >= 0.6 is 0 Å². The van der Waals surface area contributed by atoms with Crippen molar-refractivity contribution in [1.82, 2.24) is 10.6 Å². The lowest BCUT2D eigenvalue weighted by Gasteiger charge is -2.38. The van der Waals surface area contributed by atoms with Crippen LogP contribution in [0.5, 0.6) is 0 Å². The van der Waals surface area contributed by atoms with E-state index in [0.29, 0.717) is 13.0 Å². The fourth-order valence-corrected chi connectivity index (χ4v) is 3.62. The van der Waals surface area contributed by atoms with Gasteiger partial charge < -0.3 is 10.4 Å². The standard InChI is InChI=1S/C24H26N2O2/c1-2-22(26-23(27)28)18-25-24(19-12-6-3-7-13-19,20-14-8-4-9-15-20)21-16-10-5-11-17-21/h3-17,22,25-26H,2,18H2,1H3,(H,27,28). The van der Waals surface area contributed by atoms with Gasteiger partial charge in [-0.1, -0.05) is 97.9 Å². The first-order chi connectivity index (χ1) is 13.7. The van der Waals surface area contributed by atoms with Gasteiger partial charge in [0.15, 0.2) is 0 Å². The highest BCUT2D eigenvalue weighted by atomic mass is 16.4. The molecule has 0 spiro atoms. The predicted octanol–water partition coefficient (Wildman–Crippen LogP) is 4.61. The molecule has 1 unspecified atom stereocenters. The summed E-state index contributed by atoms with van der Waals surface area (Å²) in [5.74, 6) is 0. The summed E-state index contributed by atoms with van der Waals surface area (Å²) in [7, 11) is 0. The molecular formula is C24H26N2O2. The van der Waals surface area contributed by atoms with Crippen LogP contribution in [0.25, 0.3) is 0 Å². The van der Waals surface area contributed by atoms with Gasteiger partial charge in [0.1, 0.15) is 0 Å². The Balaban J connectivity index is 2.12. The second kappa shape index (κ2) is 9.20. The maximum Gasteiger partial charge on any atom is 0.404 e. The second-order valence-electron chi connectivity index (χ2n) is 6.78. The number of rotatable bonds is 8. The van der Waals surface area contributed by atoms with Crippen molar-refractivity contribution in [3.8, 4) is 0 Å². The third-order valence-electron chi connectivity index (χ3n) is 5.05. The number of hydrogen-bond donors (Lipinski definition) is 3. The number of amides is 1. The SMILES string of the molecule is CCC(CNC(c1ccccc1)(c1ccccc1)c1ccccc1)NC(=O)O. The lowest BCUT2D eigenvalue weighted by atomic mass is 9.77. The summed E-state index contributed by atoms with van der Waals surface area (Å²) < 4.78 is 0. The third-order valence-corrected chi connectivity index (χ3v) is 5.05. The molecule has 3 aromatic carbocycles. The Morgan fingerprint density at radius 2 is 1.21 bits per heavy atom. The second-order valence-corrected chi connectivity index (χ2v) is 6.78. The molecule has 0 bridgehead atoms. The minimum atomic E-state index is -1.00. The van der Waals surface area contributed by atoms with Crippen molar-refractivity contribution in [2.45, 2.75) is 24.9 Å². The number of carboxylic acid groups (broad SMARTS) is 1. The van der Waals surface area contributed by atoms with E-state index < -0.39 is 11.6 Å². The van der Waals surface area contributed by atoms with E-state index in [1.165, 1.54) is 0 Å². The quantitative estimate of drug-likeness (QED) is 0.505. The van der Waals surface area contributed by atoms with Crippen LogP contribution in [-0.4, -0.2) is 23.8 Å². The first-order valence-electron chi connectivity index (χ1n) is 9.58. The highest BCUT2D eigenvalue weighted by Gasteiger charge is 2.36. The Kier molecular flexibility index (Phi) is 6.45. The number of hydrogen-bond acceptors (Lipinski definition) is 2. The zero-order valence-corrected chi connectivity index (χ0v) is 16.0. The summed E-state index contributed by atoms with van der Waals surface area (Å²) in [6, 6.07) is 30.7. The van der Waals surface area contributed by atoms with Gasteiger partial charge in [0, 0.05) is 12.6 Å². The molecule has 0 aromatic heterocycles. The predicted molar refractivity (Wildman–Crippen MR) is 112 cm³/mol. The van der Waals surface area contributed by atoms with Crippen LogP contribution in [0.4, 0.5) is 4.79 Å². The molecule has 0 saturated carbocycles. The zero-order chi connectivity index (χ0) is 19.8. The average Bonchev–Trinajstić information content (AvgIpc) is 2.75. The highest BCUT2D eigenvalue weighted by molar-refractivity contribution is 5.64. The van der Waals surface area contributed by atoms with E-state index in [-0.39, 0.29) is 6.04 Å². The van der Waals surface area contributed by atoms with Crippen molar-refractivity contribution in [1.29, 1.82) is 0 Å². The monoisotopic (exact) mass is 374 g/mol. The molecule has 1 amide bonds. The Bertz CT molecular complexity index is 770. The topological polar surface area (TPSA) is 61.4 Å². The van der Waals surface area contributed by atoms with Crippen molar-refractivity contribution < 1.29 is 9.90 Å². The van der Waals surface area contributed by atoms with Gasteiger partial charge in [-0.25, -0.2) is 4.79 Å². The van der Waals surface area contributed by atoms with E-state index in [9.17, 15) is 4.79 Å². The summed E-state index contributed by atoms with van der Waals surface area (Å²) in [5.41, 5.74) is 2.74. The summed E-state index contributed by atoms with van der Waals surface area (Å²) in [5, 5.41) is 15.5. The maximum absolute atomic E-state index is 11.2. The van der Waals surface area contributed by atoms with Crippen molar-refractivity contribution in [2.75, 3.05) is 6.54 Å². The van der Waals surface area contributed by atoms with Gasteiger partial charge in [-0.05, 0) is 23.1 Å². The van der Waals surface area contributed by atoms with Crippen molar-refractivity contribution >= 4 is 6.09 Å². The summed E-state index contributed by atoms with van der Waals surface area (Å²) in [6.45, 7) is 2.49. The Morgan fingerprint density at radius 1 is 0.821 bits per heavy atom. The minimum absolute atomic E-state index is 0.187. The molecule has 144 valence electrons. The lowest BCUT2D eigenvalue weighted by Crippen LogP contribution is -2.51. The molecule has 4 nitrogen and oxygen atoms in total. The zero-order valence-electron chi connectivity index (χ0n) is 16.0. The smallest absolute Gasteiger partial charge is 0.404 e. The molecular weight excluding hydrogens is 348 g/mol. The van der Waals surface area contributed by atoms with Gasteiger partial charge in [0.05, 0.1) is 5.54 Å². The Hall–Kier alpha value is -3.11. The lowest BCUT2D eigenvalue weighted by molar-refractivity contribution is 0.188. The summed E-state index contributed by atoms with van der Waals surface area (Å²) >= 11 is 0. The van der Waals surface area contributed by atoms with Gasteiger partial charge in [-0.15, -0.1) is 0 Å². The molecule has 3 N–H and O–H groups in total. The van der Waals surface area contributed by atoms with Gasteiger partial charge in [0.25, 0.3) is 0 Å². The van der Waals surface area contributed by atoms with Crippen LogP contribution in [0.15, 0.2) is 91.0 Å². The molecule has 1 atom stereocenters. The van der Waals surface area contributed by atoms with Crippen LogP contribution in [-0.2, 0) is 5.54 Å².